The first kappa shape index (κ1) is 19.8. The maximum atomic E-state index is 12.5. The van der Waals surface area contributed by atoms with E-state index in [-0.39, 0.29) is 11.8 Å². The number of anilines is 2. The molecule has 3 aromatic rings. The van der Waals surface area contributed by atoms with Crippen molar-refractivity contribution in [3.05, 3.63) is 83.3 Å². The van der Waals surface area contributed by atoms with Gasteiger partial charge in [0.25, 0.3) is 11.8 Å². The summed E-state index contributed by atoms with van der Waals surface area (Å²) in [6.07, 6.45) is 1.52. The Morgan fingerprint density at radius 2 is 1.63 bits per heavy atom. The fraction of sp³-hybridized carbons (Fsp3) is 0.250. The Kier molecular flexibility index (Phi) is 5.57. The van der Waals surface area contributed by atoms with Crippen LogP contribution in [-0.4, -0.2) is 42.9 Å². The average Bonchev–Trinajstić information content (AvgIpc) is 3.31. The monoisotopic (exact) mass is 403 g/mol. The summed E-state index contributed by atoms with van der Waals surface area (Å²) < 4.78 is 5.21. The van der Waals surface area contributed by atoms with E-state index in [4.69, 9.17) is 4.42 Å². The highest BCUT2D eigenvalue weighted by Gasteiger charge is 2.23. The normalized spacial score (nSPS) is 13.9. The predicted molar refractivity (Wildman–Crippen MR) is 117 cm³/mol. The third-order valence-corrected chi connectivity index (χ3v) is 5.56. The van der Waals surface area contributed by atoms with E-state index >= 15 is 0 Å². The van der Waals surface area contributed by atoms with Gasteiger partial charge in [-0.25, -0.2) is 0 Å². The molecular weight excluding hydrogens is 378 g/mol. The highest BCUT2D eigenvalue weighted by atomic mass is 16.3. The summed E-state index contributed by atoms with van der Waals surface area (Å²) >= 11 is 0. The Morgan fingerprint density at radius 3 is 2.27 bits per heavy atom. The molecule has 2 aromatic carbocycles. The summed E-state index contributed by atoms with van der Waals surface area (Å²) in [6.45, 7) is 6.82. The molecule has 0 radical (unpaired) electrons. The van der Waals surface area contributed by atoms with Crippen molar-refractivity contribution in [2.75, 3.05) is 36.4 Å². The summed E-state index contributed by atoms with van der Waals surface area (Å²) in [5.74, 6) is 0.201. The lowest BCUT2D eigenvalue weighted by Gasteiger charge is -2.35. The van der Waals surface area contributed by atoms with Crippen LogP contribution in [0.1, 0.15) is 32.0 Å². The molecule has 1 aromatic heterocycles. The smallest absolute Gasteiger partial charge is 0.289 e. The Hall–Kier alpha value is -3.54. The van der Waals surface area contributed by atoms with Crippen molar-refractivity contribution in [3.8, 4) is 0 Å². The van der Waals surface area contributed by atoms with E-state index in [1.807, 2.05) is 61.2 Å². The van der Waals surface area contributed by atoms with Crippen molar-refractivity contribution in [3.63, 3.8) is 0 Å². The summed E-state index contributed by atoms with van der Waals surface area (Å²) in [7, 11) is 0. The minimum Gasteiger partial charge on any atom is -0.459 e. The van der Waals surface area contributed by atoms with E-state index in [0.717, 1.165) is 30.0 Å². The van der Waals surface area contributed by atoms with Gasteiger partial charge >= 0.3 is 0 Å². The first-order valence-corrected chi connectivity index (χ1v) is 10.1. The molecular formula is C24H25N3O3. The second-order valence-electron chi connectivity index (χ2n) is 7.56. The van der Waals surface area contributed by atoms with Gasteiger partial charge < -0.3 is 19.5 Å². The number of hydrogen-bond acceptors (Lipinski definition) is 4. The second-order valence-corrected chi connectivity index (χ2v) is 7.56. The second kappa shape index (κ2) is 8.45. The highest BCUT2D eigenvalue weighted by molar-refractivity contribution is 6.04. The maximum absolute atomic E-state index is 12.5. The van der Waals surface area contributed by atoms with Crippen LogP contribution < -0.4 is 10.2 Å². The SMILES string of the molecule is Cc1ccc(C(=O)Nc2ccc(N3CCN(C(=O)c4ccco4)CC3)cc2)cc1C. The molecule has 4 rings (SSSR count). The summed E-state index contributed by atoms with van der Waals surface area (Å²) in [4.78, 5) is 28.9. The van der Waals surface area contributed by atoms with Gasteiger partial charge in [0, 0.05) is 43.1 Å². The van der Waals surface area contributed by atoms with E-state index in [1.54, 1.807) is 12.1 Å². The molecule has 0 spiro atoms. The van der Waals surface area contributed by atoms with E-state index < -0.39 is 0 Å². The molecule has 0 bridgehead atoms. The molecule has 0 saturated carbocycles. The standard InChI is InChI=1S/C24H25N3O3/c1-17-5-6-19(16-18(17)2)23(28)25-20-7-9-21(10-8-20)26-11-13-27(14-12-26)24(29)22-4-3-15-30-22/h3-10,15-16H,11-14H2,1-2H3,(H,25,28). The Morgan fingerprint density at radius 1 is 0.900 bits per heavy atom. The van der Waals surface area contributed by atoms with Crippen molar-refractivity contribution >= 4 is 23.2 Å². The van der Waals surface area contributed by atoms with E-state index in [9.17, 15) is 9.59 Å². The number of hydrogen-bond donors (Lipinski definition) is 1. The summed E-state index contributed by atoms with van der Waals surface area (Å²) in [5.41, 5.74) is 4.75. The fourth-order valence-corrected chi connectivity index (χ4v) is 3.57. The van der Waals surface area contributed by atoms with Gasteiger partial charge in [0.15, 0.2) is 5.76 Å². The number of piperazine rings is 1. The van der Waals surface area contributed by atoms with E-state index in [1.165, 1.54) is 11.8 Å². The molecule has 0 aliphatic carbocycles. The molecule has 1 aliphatic rings. The van der Waals surface area contributed by atoms with Gasteiger partial charge in [0.05, 0.1) is 6.26 Å². The van der Waals surface area contributed by atoms with Gasteiger partial charge in [0.2, 0.25) is 0 Å². The zero-order valence-electron chi connectivity index (χ0n) is 17.2. The molecule has 1 fully saturated rings. The number of carbonyl (C=O) groups is 2. The van der Waals surface area contributed by atoms with E-state index in [2.05, 4.69) is 10.2 Å². The first-order chi connectivity index (χ1) is 14.5. The van der Waals surface area contributed by atoms with Crippen molar-refractivity contribution in [1.29, 1.82) is 0 Å². The van der Waals surface area contributed by atoms with E-state index in [0.29, 0.717) is 24.4 Å². The van der Waals surface area contributed by atoms with Crippen LogP contribution in [0.25, 0.3) is 0 Å². The van der Waals surface area contributed by atoms with Crippen LogP contribution in [0.4, 0.5) is 11.4 Å². The third kappa shape index (κ3) is 4.22. The molecule has 1 aliphatic heterocycles. The number of nitrogens with one attached hydrogen (secondary N) is 1. The lowest BCUT2D eigenvalue weighted by molar-refractivity contribution is 0.0714. The van der Waals surface area contributed by atoms with Crippen LogP contribution in [-0.2, 0) is 0 Å². The summed E-state index contributed by atoms with van der Waals surface area (Å²) in [6, 6.07) is 17.0. The third-order valence-electron chi connectivity index (χ3n) is 5.56. The molecule has 30 heavy (non-hydrogen) atoms. The number of furan rings is 1. The number of amides is 2. The van der Waals surface area contributed by atoms with Crippen LogP contribution in [0.15, 0.2) is 65.3 Å². The fourth-order valence-electron chi connectivity index (χ4n) is 3.57. The number of carbonyl (C=O) groups excluding carboxylic acids is 2. The zero-order chi connectivity index (χ0) is 21.1. The topological polar surface area (TPSA) is 65.8 Å². The van der Waals surface area contributed by atoms with Gasteiger partial charge in [0.1, 0.15) is 0 Å². The van der Waals surface area contributed by atoms with Crippen molar-refractivity contribution in [1.82, 2.24) is 4.90 Å². The lowest BCUT2D eigenvalue weighted by atomic mass is 10.1. The quantitative estimate of drug-likeness (QED) is 0.712. The molecule has 154 valence electrons. The highest BCUT2D eigenvalue weighted by Crippen LogP contribution is 2.21. The molecule has 0 unspecified atom stereocenters. The van der Waals surface area contributed by atoms with Gasteiger partial charge in [-0.2, -0.15) is 0 Å². The van der Waals surface area contributed by atoms with Crippen molar-refractivity contribution in [2.45, 2.75) is 13.8 Å². The first-order valence-electron chi connectivity index (χ1n) is 10.1. The zero-order valence-corrected chi connectivity index (χ0v) is 17.2. The molecule has 1 saturated heterocycles. The van der Waals surface area contributed by atoms with Gasteiger partial charge in [-0.15, -0.1) is 0 Å². The van der Waals surface area contributed by atoms with Crippen LogP contribution in [0.3, 0.4) is 0 Å². The van der Waals surface area contributed by atoms with Crippen LogP contribution in [0, 0.1) is 13.8 Å². The molecule has 1 N–H and O–H groups in total. The van der Waals surface area contributed by atoms with Crippen molar-refractivity contribution < 1.29 is 14.0 Å². The number of rotatable bonds is 4. The molecule has 6 heteroatoms. The molecule has 0 atom stereocenters. The molecule has 6 nitrogen and oxygen atoms in total. The Bertz CT molecular complexity index is 1030. The van der Waals surface area contributed by atoms with Gasteiger partial charge in [-0.1, -0.05) is 6.07 Å². The van der Waals surface area contributed by atoms with Gasteiger partial charge in [-0.3, -0.25) is 9.59 Å². The molecule has 2 heterocycles. The van der Waals surface area contributed by atoms with Crippen LogP contribution in [0.2, 0.25) is 0 Å². The average molecular weight is 403 g/mol. The van der Waals surface area contributed by atoms with Crippen LogP contribution >= 0.6 is 0 Å². The number of nitrogens with zero attached hydrogens (tertiary/aromatic N) is 2. The Balaban J connectivity index is 1.34. The minimum atomic E-state index is -0.115. The minimum absolute atomic E-state index is 0.0657. The number of benzene rings is 2. The summed E-state index contributed by atoms with van der Waals surface area (Å²) in [5, 5.41) is 2.95. The largest absolute Gasteiger partial charge is 0.459 e. The predicted octanol–water partition coefficient (Wildman–Crippen LogP) is 4.11. The van der Waals surface area contributed by atoms with Crippen LogP contribution in [0.5, 0.6) is 0 Å². The maximum Gasteiger partial charge on any atom is 0.289 e. The Labute approximate surface area is 176 Å². The number of aryl methyl sites for hydroxylation is 2. The lowest BCUT2D eigenvalue weighted by Crippen LogP contribution is -2.48. The van der Waals surface area contributed by atoms with Gasteiger partial charge in [-0.05, 0) is 73.5 Å². The van der Waals surface area contributed by atoms with Crippen molar-refractivity contribution in [2.24, 2.45) is 0 Å². The molecule has 2 amide bonds.